The third-order valence-electron chi connectivity index (χ3n) is 4.25. The Morgan fingerprint density at radius 1 is 0.875 bits per heavy atom. The second kappa shape index (κ2) is 6.90. The van der Waals surface area contributed by atoms with Gasteiger partial charge in [0.25, 0.3) is 0 Å². The molecule has 1 N–H and O–H groups in total. The van der Waals surface area contributed by atoms with E-state index in [2.05, 4.69) is 0 Å². The Labute approximate surface area is 104 Å². The predicted octanol–water partition coefficient (Wildman–Crippen LogP) is 3.99. The van der Waals surface area contributed by atoms with Gasteiger partial charge in [-0.25, -0.2) is 0 Å². The van der Waals surface area contributed by atoms with E-state index in [1.807, 2.05) is 11.8 Å². The Morgan fingerprint density at radius 3 is 2.06 bits per heavy atom. The maximum Gasteiger partial charge on any atom is 0.0658 e. The summed E-state index contributed by atoms with van der Waals surface area (Å²) in [4.78, 5) is 0. The summed E-state index contributed by atoms with van der Waals surface area (Å²) in [6.07, 6.45) is 13.6. The monoisotopic (exact) mass is 242 g/mol. The van der Waals surface area contributed by atoms with Crippen molar-refractivity contribution in [2.24, 2.45) is 5.92 Å². The quantitative estimate of drug-likeness (QED) is 0.752. The van der Waals surface area contributed by atoms with Crippen molar-refractivity contribution in [1.29, 1.82) is 0 Å². The third kappa shape index (κ3) is 3.96. The molecule has 2 fully saturated rings. The minimum atomic E-state index is -0.0244. The molecule has 2 aliphatic rings. The van der Waals surface area contributed by atoms with Crippen molar-refractivity contribution in [2.75, 3.05) is 5.75 Å². The van der Waals surface area contributed by atoms with Crippen LogP contribution in [0.3, 0.4) is 0 Å². The fourth-order valence-electron chi connectivity index (χ4n) is 3.12. The molecule has 0 aromatic rings. The highest BCUT2D eigenvalue weighted by Crippen LogP contribution is 2.32. The molecule has 0 aliphatic heterocycles. The van der Waals surface area contributed by atoms with E-state index in [0.717, 1.165) is 11.0 Å². The van der Waals surface area contributed by atoms with Crippen LogP contribution in [0.15, 0.2) is 0 Å². The zero-order valence-corrected chi connectivity index (χ0v) is 11.2. The molecular formula is C14H26OS. The second-order valence-electron chi connectivity index (χ2n) is 5.56. The highest BCUT2D eigenvalue weighted by atomic mass is 32.2. The number of thioether (sulfide) groups is 1. The van der Waals surface area contributed by atoms with Gasteiger partial charge >= 0.3 is 0 Å². The van der Waals surface area contributed by atoms with Crippen LogP contribution in [0, 0.1) is 5.92 Å². The van der Waals surface area contributed by atoms with Crippen LogP contribution in [0.2, 0.25) is 0 Å². The van der Waals surface area contributed by atoms with E-state index in [9.17, 15) is 5.11 Å². The maximum atomic E-state index is 10.2. The summed E-state index contributed by atoms with van der Waals surface area (Å²) in [6.45, 7) is 0. The summed E-state index contributed by atoms with van der Waals surface area (Å²) < 4.78 is 0. The molecule has 0 aromatic heterocycles. The predicted molar refractivity (Wildman–Crippen MR) is 71.9 cm³/mol. The molecule has 0 amide bonds. The molecule has 2 rings (SSSR count). The highest BCUT2D eigenvalue weighted by Gasteiger charge is 2.23. The summed E-state index contributed by atoms with van der Waals surface area (Å²) in [5, 5.41) is 11.1. The van der Waals surface area contributed by atoms with Crippen LogP contribution in [-0.2, 0) is 0 Å². The van der Waals surface area contributed by atoms with Gasteiger partial charge in [-0.05, 0) is 31.6 Å². The standard InChI is InChI=1S/C14H26OS/c15-14(11-16-13-9-5-6-10-13)12-7-3-1-2-4-8-12/h12-15H,1-11H2. The molecule has 1 unspecified atom stereocenters. The Morgan fingerprint density at radius 2 is 1.44 bits per heavy atom. The Bertz CT molecular complexity index is 181. The van der Waals surface area contributed by atoms with Gasteiger partial charge in [0.1, 0.15) is 0 Å². The second-order valence-corrected chi connectivity index (χ2v) is 6.89. The van der Waals surface area contributed by atoms with Crippen molar-refractivity contribution in [3.8, 4) is 0 Å². The lowest BCUT2D eigenvalue weighted by Gasteiger charge is -2.22. The molecule has 2 aliphatic carbocycles. The number of aliphatic hydroxyl groups is 1. The fourth-order valence-corrected chi connectivity index (χ4v) is 4.53. The van der Waals surface area contributed by atoms with Crippen molar-refractivity contribution in [3.05, 3.63) is 0 Å². The van der Waals surface area contributed by atoms with Crippen LogP contribution in [0.5, 0.6) is 0 Å². The van der Waals surface area contributed by atoms with Crippen molar-refractivity contribution in [1.82, 2.24) is 0 Å². The molecule has 1 atom stereocenters. The number of hydrogen-bond acceptors (Lipinski definition) is 2. The molecule has 2 heteroatoms. The normalized spacial score (nSPS) is 26.8. The van der Waals surface area contributed by atoms with Crippen molar-refractivity contribution in [3.63, 3.8) is 0 Å². The van der Waals surface area contributed by atoms with Crippen LogP contribution in [0.25, 0.3) is 0 Å². The molecule has 0 aromatic carbocycles. The zero-order chi connectivity index (χ0) is 11.2. The minimum absolute atomic E-state index is 0.0244. The summed E-state index contributed by atoms with van der Waals surface area (Å²) in [5.74, 6) is 1.60. The molecule has 0 spiro atoms. The van der Waals surface area contributed by atoms with E-state index in [1.165, 1.54) is 64.2 Å². The molecule has 0 radical (unpaired) electrons. The van der Waals surface area contributed by atoms with Gasteiger partial charge in [0.05, 0.1) is 6.10 Å². The average Bonchev–Trinajstić information content (AvgIpc) is 2.66. The van der Waals surface area contributed by atoms with Gasteiger partial charge < -0.3 is 5.11 Å². The SMILES string of the molecule is OC(CSC1CCCC1)C1CCCCCC1. The summed E-state index contributed by atoms with van der Waals surface area (Å²) >= 11 is 2.04. The zero-order valence-electron chi connectivity index (χ0n) is 10.4. The van der Waals surface area contributed by atoms with E-state index in [-0.39, 0.29) is 6.10 Å². The molecular weight excluding hydrogens is 216 g/mol. The lowest BCUT2D eigenvalue weighted by molar-refractivity contribution is 0.120. The van der Waals surface area contributed by atoms with Gasteiger partial charge in [0, 0.05) is 11.0 Å². The molecule has 94 valence electrons. The Balaban J connectivity index is 1.66. The fraction of sp³-hybridized carbons (Fsp3) is 1.00. The largest absolute Gasteiger partial charge is 0.392 e. The van der Waals surface area contributed by atoms with E-state index in [1.54, 1.807) is 0 Å². The molecule has 0 heterocycles. The minimum Gasteiger partial charge on any atom is -0.392 e. The van der Waals surface area contributed by atoms with Gasteiger partial charge in [-0.3, -0.25) is 0 Å². The summed E-state index contributed by atoms with van der Waals surface area (Å²) in [7, 11) is 0. The van der Waals surface area contributed by atoms with Crippen LogP contribution in [0.1, 0.15) is 64.2 Å². The van der Waals surface area contributed by atoms with E-state index in [0.29, 0.717) is 5.92 Å². The van der Waals surface area contributed by atoms with Gasteiger partial charge in [-0.1, -0.05) is 38.5 Å². The topological polar surface area (TPSA) is 20.2 Å². The highest BCUT2D eigenvalue weighted by molar-refractivity contribution is 7.99. The number of aliphatic hydroxyl groups excluding tert-OH is 1. The molecule has 16 heavy (non-hydrogen) atoms. The van der Waals surface area contributed by atoms with Gasteiger partial charge in [-0.15, -0.1) is 0 Å². The smallest absolute Gasteiger partial charge is 0.0658 e. The van der Waals surface area contributed by atoms with Crippen LogP contribution >= 0.6 is 11.8 Å². The van der Waals surface area contributed by atoms with Crippen molar-refractivity contribution < 1.29 is 5.11 Å². The first-order chi connectivity index (χ1) is 7.86. The molecule has 0 saturated heterocycles. The molecule has 1 nitrogen and oxygen atoms in total. The Kier molecular flexibility index (Phi) is 5.51. The maximum absolute atomic E-state index is 10.2. The van der Waals surface area contributed by atoms with Crippen molar-refractivity contribution in [2.45, 2.75) is 75.6 Å². The lowest BCUT2D eigenvalue weighted by Crippen LogP contribution is -2.23. The summed E-state index contributed by atoms with van der Waals surface area (Å²) in [5.41, 5.74) is 0. The molecule has 0 bridgehead atoms. The average molecular weight is 242 g/mol. The van der Waals surface area contributed by atoms with Crippen LogP contribution in [0.4, 0.5) is 0 Å². The first-order valence-corrected chi connectivity index (χ1v) is 8.21. The van der Waals surface area contributed by atoms with Gasteiger partial charge in [-0.2, -0.15) is 11.8 Å². The summed E-state index contributed by atoms with van der Waals surface area (Å²) in [6, 6.07) is 0. The van der Waals surface area contributed by atoms with E-state index >= 15 is 0 Å². The first kappa shape index (κ1) is 12.8. The third-order valence-corrected chi connectivity index (χ3v) is 5.73. The van der Waals surface area contributed by atoms with Crippen LogP contribution < -0.4 is 0 Å². The van der Waals surface area contributed by atoms with Crippen molar-refractivity contribution >= 4 is 11.8 Å². The molecule has 2 saturated carbocycles. The van der Waals surface area contributed by atoms with E-state index < -0.39 is 0 Å². The number of hydrogen-bond donors (Lipinski definition) is 1. The Hall–Kier alpha value is 0.310. The van der Waals surface area contributed by atoms with Crippen LogP contribution in [-0.4, -0.2) is 22.2 Å². The first-order valence-electron chi connectivity index (χ1n) is 7.16. The lowest BCUT2D eigenvalue weighted by atomic mass is 9.95. The van der Waals surface area contributed by atoms with Gasteiger partial charge in [0.15, 0.2) is 0 Å². The van der Waals surface area contributed by atoms with E-state index in [4.69, 9.17) is 0 Å². The van der Waals surface area contributed by atoms with Gasteiger partial charge in [0.2, 0.25) is 0 Å². The number of rotatable bonds is 4.